The van der Waals surface area contributed by atoms with Crippen molar-refractivity contribution < 1.29 is 14.3 Å². The van der Waals surface area contributed by atoms with Crippen molar-refractivity contribution in [3.05, 3.63) is 59.1 Å². The number of nitrogens with one attached hydrogen (secondary N) is 1. The normalized spacial score (nSPS) is 10.3. The van der Waals surface area contributed by atoms with Crippen molar-refractivity contribution in [2.45, 2.75) is 19.9 Å². The van der Waals surface area contributed by atoms with Crippen molar-refractivity contribution in [2.75, 3.05) is 13.2 Å². The van der Waals surface area contributed by atoms with Gasteiger partial charge in [0.2, 0.25) is 0 Å². The third-order valence-corrected chi connectivity index (χ3v) is 3.37. The van der Waals surface area contributed by atoms with Gasteiger partial charge in [-0.05, 0) is 48.9 Å². The number of hydrogen-bond acceptors (Lipinski definition) is 4. The van der Waals surface area contributed by atoms with Crippen LogP contribution in [0.15, 0.2) is 48.5 Å². The van der Waals surface area contributed by atoms with Gasteiger partial charge in [0.05, 0.1) is 13.0 Å². The number of hydrogen-bond donors (Lipinski definition) is 1. The molecule has 0 saturated heterocycles. The maximum atomic E-state index is 11.2. The molecule has 0 aliphatic heterocycles. The van der Waals surface area contributed by atoms with Crippen LogP contribution < -0.4 is 10.1 Å². The predicted octanol–water partition coefficient (Wildman–Crippen LogP) is 4.18. The largest absolute Gasteiger partial charge is 0.466 e. The van der Waals surface area contributed by atoms with Crippen molar-refractivity contribution in [3.63, 3.8) is 0 Å². The molecule has 0 heterocycles. The Balaban J connectivity index is 1.76. The summed E-state index contributed by atoms with van der Waals surface area (Å²) in [5, 5.41) is 3.89. The molecule has 0 aliphatic carbocycles. The van der Waals surface area contributed by atoms with Crippen LogP contribution in [0.1, 0.15) is 18.9 Å². The Bertz CT molecular complexity index is 611. The van der Waals surface area contributed by atoms with E-state index in [-0.39, 0.29) is 5.97 Å². The van der Waals surface area contributed by atoms with Gasteiger partial charge in [-0.2, -0.15) is 0 Å². The smallest absolute Gasteiger partial charge is 0.307 e. The molecule has 0 aromatic heterocycles. The van der Waals surface area contributed by atoms with Crippen LogP contribution in [0.2, 0.25) is 5.02 Å². The van der Waals surface area contributed by atoms with E-state index in [0.29, 0.717) is 31.1 Å². The number of carbonyl (C=O) groups is 1. The lowest BCUT2D eigenvalue weighted by molar-refractivity contribution is -0.142. The third kappa shape index (κ3) is 6.30. The molecule has 0 amide bonds. The van der Waals surface area contributed by atoms with E-state index in [1.807, 2.05) is 36.4 Å². The number of halogens is 1. The molecule has 2 rings (SSSR count). The van der Waals surface area contributed by atoms with Crippen molar-refractivity contribution >= 4 is 17.6 Å². The fourth-order valence-corrected chi connectivity index (χ4v) is 2.10. The molecular weight excluding hydrogens is 314 g/mol. The summed E-state index contributed by atoms with van der Waals surface area (Å²) >= 11 is 5.84. The van der Waals surface area contributed by atoms with Gasteiger partial charge in [-0.1, -0.05) is 23.7 Å². The number of benzene rings is 2. The molecule has 2 aromatic rings. The van der Waals surface area contributed by atoms with Gasteiger partial charge in [0.15, 0.2) is 0 Å². The fraction of sp³-hybridized carbons (Fsp3) is 0.278. The molecule has 0 atom stereocenters. The van der Waals surface area contributed by atoms with Gasteiger partial charge in [0.25, 0.3) is 0 Å². The molecule has 5 heteroatoms. The van der Waals surface area contributed by atoms with E-state index in [1.165, 1.54) is 0 Å². The van der Waals surface area contributed by atoms with Crippen LogP contribution in [0.5, 0.6) is 11.5 Å². The average molecular weight is 334 g/mol. The second-order valence-electron chi connectivity index (χ2n) is 4.93. The van der Waals surface area contributed by atoms with Crippen LogP contribution in [0.4, 0.5) is 0 Å². The van der Waals surface area contributed by atoms with Crippen LogP contribution in [-0.4, -0.2) is 19.1 Å². The Labute approximate surface area is 141 Å². The van der Waals surface area contributed by atoms with E-state index in [9.17, 15) is 4.79 Å². The molecule has 23 heavy (non-hydrogen) atoms. The van der Waals surface area contributed by atoms with Crippen LogP contribution in [0.3, 0.4) is 0 Å². The van der Waals surface area contributed by atoms with Crippen LogP contribution in [-0.2, 0) is 16.1 Å². The summed E-state index contributed by atoms with van der Waals surface area (Å²) in [5.74, 6) is 1.34. The van der Waals surface area contributed by atoms with Crippen molar-refractivity contribution in [1.29, 1.82) is 0 Å². The zero-order valence-corrected chi connectivity index (χ0v) is 13.8. The zero-order chi connectivity index (χ0) is 16.5. The molecule has 0 fully saturated rings. The lowest BCUT2D eigenvalue weighted by Gasteiger charge is -2.08. The molecular formula is C18H20ClNO3. The number of ether oxygens (including phenoxy) is 2. The molecule has 2 aromatic carbocycles. The molecule has 0 bridgehead atoms. The minimum absolute atomic E-state index is 0.174. The minimum atomic E-state index is -0.174. The molecule has 1 N–H and O–H groups in total. The lowest BCUT2D eigenvalue weighted by Crippen LogP contribution is -2.18. The lowest BCUT2D eigenvalue weighted by atomic mass is 10.2. The Kier molecular flexibility index (Phi) is 6.91. The summed E-state index contributed by atoms with van der Waals surface area (Å²) in [4.78, 5) is 11.2. The first-order chi connectivity index (χ1) is 11.2. The van der Waals surface area contributed by atoms with Crippen LogP contribution in [0.25, 0.3) is 0 Å². The zero-order valence-electron chi connectivity index (χ0n) is 13.0. The molecule has 0 radical (unpaired) electrons. The topological polar surface area (TPSA) is 47.6 Å². The van der Waals surface area contributed by atoms with E-state index >= 15 is 0 Å². The summed E-state index contributed by atoms with van der Waals surface area (Å²) in [5.41, 5.74) is 1.12. The Hall–Kier alpha value is -2.04. The summed E-state index contributed by atoms with van der Waals surface area (Å²) in [7, 11) is 0. The highest BCUT2D eigenvalue weighted by Crippen LogP contribution is 2.23. The number of rotatable bonds is 8. The van der Waals surface area contributed by atoms with E-state index < -0.39 is 0 Å². The first-order valence-electron chi connectivity index (χ1n) is 7.56. The minimum Gasteiger partial charge on any atom is -0.466 e. The van der Waals surface area contributed by atoms with Crippen LogP contribution in [0, 0.1) is 0 Å². The van der Waals surface area contributed by atoms with E-state index in [1.54, 1.807) is 19.1 Å². The molecule has 0 saturated carbocycles. The van der Waals surface area contributed by atoms with Gasteiger partial charge in [-0.25, -0.2) is 0 Å². The maximum Gasteiger partial charge on any atom is 0.307 e. The van der Waals surface area contributed by atoms with Crippen molar-refractivity contribution in [1.82, 2.24) is 5.32 Å². The number of esters is 1. The van der Waals surface area contributed by atoms with Gasteiger partial charge in [-0.15, -0.1) is 0 Å². The molecule has 122 valence electrons. The molecule has 4 nitrogen and oxygen atoms in total. The van der Waals surface area contributed by atoms with Gasteiger partial charge in [0, 0.05) is 18.1 Å². The monoisotopic (exact) mass is 333 g/mol. The Morgan fingerprint density at radius 3 is 2.26 bits per heavy atom. The van der Waals surface area contributed by atoms with Crippen molar-refractivity contribution in [2.24, 2.45) is 0 Å². The highest BCUT2D eigenvalue weighted by molar-refractivity contribution is 6.30. The van der Waals surface area contributed by atoms with E-state index in [0.717, 1.165) is 17.1 Å². The van der Waals surface area contributed by atoms with Crippen molar-refractivity contribution in [3.8, 4) is 11.5 Å². The molecule has 0 unspecified atom stereocenters. The Morgan fingerprint density at radius 2 is 1.65 bits per heavy atom. The van der Waals surface area contributed by atoms with Gasteiger partial charge < -0.3 is 14.8 Å². The summed E-state index contributed by atoms with van der Waals surface area (Å²) in [6.45, 7) is 3.52. The second kappa shape index (κ2) is 9.18. The second-order valence-corrected chi connectivity index (χ2v) is 5.37. The molecule has 0 aliphatic rings. The first-order valence-corrected chi connectivity index (χ1v) is 7.94. The highest BCUT2D eigenvalue weighted by Gasteiger charge is 2.01. The van der Waals surface area contributed by atoms with Gasteiger partial charge >= 0.3 is 5.97 Å². The van der Waals surface area contributed by atoms with Gasteiger partial charge in [-0.3, -0.25) is 4.79 Å². The molecule has 0 spiro atoms. The van der Waals surface area contributed by atoms with E-state index in [2.05, 4.69) is 5.32 Å². The standard InChI is InChI=1S/C18H20ClNO3/c1-2-22-18(21)11-12-20-13-14-3-7-16(8-4-14)23-17-9-5-15(19)6-10-17/h3-10,20H,2,11-13H2,1H3. The van der Waals surface area contributed by atoms with Gasteiger partial charge in [0.1, 0.15) is 11.5 Å². The third-order valence-electron chi connectivity index (χ3n) is 3.11. The van der Waals surface area contributed by atoms with Crippen LogP contribution >= 0.6 is 11.6 Å². The first kappa shape index (κ1) is 17.3. The fourth-order valence-electron chi connectivity index (χ4n) is 1.97. The average Bonchev–Trinajstić information content (AvgIpc) is 2.55. The quantitative estimate of drug-likeness (QED) is 0.581. The summed E-state index contributed by atoms with van der Waals surface area (Å²) in [6.07, 6.45) is 0.381. The SMILES string of the molecule is CCOC(=O)CCNCc1ccc(Oc2ccc(Cl)cc2)cc1. The predicted molar refractivity (Wildman–Crippen MR) is 90.9 cm³/mol. The summed E-state index contributed by atoms with van der Waals surface area (Å²) < 4.78 is 10.6. The summed E-state index contributed by atoms with van der Waals surface area (Å²) in [6, 6.07) is 15.0. The highest BCUT2D eigenvalue weighted by atomic mass is 35.5. The maximum absolute atomic E-state index is 11.2. The Morgan fingerprint density at radius 1 is 1.04 bits per heavy atom. The number of carbonyl (C=O) groups excluding carboxylic acids is 1. The van der Waals surface area contributed by atoms with E-state index in [4.69, 9.17) is 21.1 Å².